The summed E-state index contributed by atoms with van der Waals surface area (Å²) in [7, 11) is -3.75. The number of halogens is 1. The normalized spacial score (nSPS) is 17.1. The molecule has 4 nitrogen and oxygen atoms in total. The van der Waals surface area contributed by atoms with Gasteiger partial charge >= 0.3 is 0 Å². The molecule has 25 heavy (non-hydrogen) atoms. The second kappa shape index (κ2) is 6.96. The van der Waals surface area contributed by atoms with Gasteiger partial charge in [0.1, 0.15) is 5.82 Å². The first-order valence-electron chi connectivity index (χ1n) is 8.30. The van der Waals surface area contributed by atoms with Crippen LogP contribution in [0.2, 0.25) is 0 Å². The molecule has 0 unspecified atom stereocenters. The molecule has 0 saturated carbocycles. The zero-order chi connectivity index (χ0) is 18.0. The second-order valence-corrected chi connectivity index (χ2v) is 8.37. The smallest absolute Gasteiger partial charge is 0.217 e. The number of sulfone groups is 1. The number of hydrogen-bond donors (Lipinski definition) is 1. The Balaban J connectivity index is 1.94. The van der Waals surface area contributed by atoms with Crippen molar-refractivity contribution < 1.29 is 17.6 Å². The van der Waals surface area contributed by atoms with Gasteiger partial charge in [0.2, 0.25) is 15.7 Å². The molecule has 3 rings (SSSR count). The van der Waals surface area contributed by atoms with Crippen LogP contribution < -0.4 is 5.73 Å². The number of nitrogens with two attached hydrogens (primary N) is 1. The van der Waals surface area contributed by atoms with Crippen LogP contribution in [-0.4, -0.2) is 14.3 Å². The summed E-state index contributed by atoms with van der Waals surface area (Å²) < 4.78 is 38.9. The highest BCUT2D eigenvalue weighted by molar-refractivity contribution is 7.91. The van der Waals surface area contributed by atoms with E-state index in [1.807, 2.05) is 6.07 Å². The van der Waals surface area contributed by atoms with E-state index >= 15 is 0 Å². The summed E-state index contributed by atoms with van der Waals surface area (Å²) in [5.41, 5.74) is 7.31. The van der Waals surface area contributed by atoms with Crippen LogP contribution in [0, 0.1) is 5.82 Å². The first-order valence-corrected chi connectivity index (χ1v) is 9.78. The van der Waals surface area contributed by atoms with E-state index in [4.69, 9.17) is 5.73 Å². The van der Waals surface area contributed by atoms with Gasteiger partial charge in [-0.3, -0.25) is 4.79 Å². The fourth-order valence-electron chi connectivity index (χ4n) is 3.45. The van der Waals surface area contributed by atoms with Crippen LogP contribution in [-0.2, 0) is 21.1 Å². The molecule has 1 aliphatic rings. The van der Waals surface area contributed by atoms with Crippen molar-refractivity contribution in [2.75, 3.05) is 0 Å². The number of benzene rings is 2. The first-order chi connectivity index (χ1) is 11.9. The predicted octanol–water partition coefficient (Wildman–Crippen LogP) is 3.34. The summed E-state index contributed by atoms with van der Waals surface area (Å²) in [5, 5.41) is 0. The maximum Gasteiger partial charge on any atom is 0.217 e. The summed E-state index contributed by atoms with van der Waals surface area (Å²) in [6.45, 7) is 0. The van der Waals surface area contributed by atoms with E-state index in [1.165, 1.54) is 18.2 Å². The van der Waals surface area contributed by atoms with E-state index < -0.39 is 15.7 Å². The van der Waals surface area contributed by atoms with Crippen molar-refractivity contribution in [3.8, 4) is 0 Å². The van der Waals surface area contributed by atoms with Crippen LogP contribution >= 0.6 is 0 Å². The molecule has 1 amide bonds. The number of hydrogen-bond acceptors (Lipinski definition) is 3. The number of carbonyl (C=O) groups excluding carboxylic acids is 1. The molecule has 0 saturated heterocycles. The lowest BCUT2D eigenvalue weighted by Gasteiger charge is -2.25. The SMILES string of the molecule is NC(=O)CC[C@@H]1CCCc2cc(S(=O)(=O)c3cccc(F)c3)ccc21. The van der Waals surface area contributed by atoms with Crippen molar-refractivity contribution in [2.45, 2.75) is 47.8 Å². The average molecular weight is 361 g/mol. The van der Waals surface area contributed by atoms with Gasteiger partial charge in [0.25, 0.3) is 0 Å². The van der Waals surface area contributed by atoms with Crippen LogP contribution in [0.3, 0.4) is 0 Å². The first kappa shape index (κ1) is 17.6. The molecule has 1 atom stereocenters. The number of primary amides is 1. The Morgan fingerprint density at radius 3 is 2.64 bits per heavy atom. The van der Waals surface area contributed by atoms with Gasteiger partial charge in [-0.1, -0.05) is 12.1 Å². The Morgan fingerprint density at radius 2 is 1.92 bits per heavy atom. The molecule has 2 N–H and O–H groups in total. The summed E-state index contributed by atoms with van der Waals surface area (Å²) in [6, 6.07) is 10.1. The van der Waals surface area contributed by atoms with E-state index in [2.05, 4.69) is 0 Å². The lowest BCUT2D eigenvalue weighted by atomic mass is 9.80. The molecule has 2 aromatic rings. The number of aryl methyl sites for hydroxylation is 1. The molecular weight excluding hydrogens is 341 g/mol. The maximum absolute atomic E-state index is 13.4. The highest BCUT2D eigenvalue weighted by Crippen LogP contribution is 2.36. The molecular formula is C19H20FNO3S. The zero-order valence-corrected chi connectivity index (χ0v) is 14.6. The van der Waals surface area contributed by atoms with Gasteiger partial charge in [0, 0.05) is 6.42 Å². The minimum atomic E-state index is -3.75. The Hall–Kier alpha value is -2.21. The summed E-state index contributed by atoms with van der Waals surface area (Å²) in [4.78, 5) is 11.2. The number of carbonyl (C=O) groups is 1. The van der Waals surface area contributed by atoms with E-state index in [-0.39, 0.29) is 21.6 Å². The fourth-order valence-corrected chi connectivity index (χ4v) is 4.79. The van der Waals surface area contributed by atoms with Crippen molar-refractivity contribution >= 4 is 15.7 Å². The van der Waals surface area contributed by atoms with Crippen LogP contribution in [0.25, 0.3) is 0 Å². The molecule has 0 aromatic heterocycles. The fraction of sp³-hybridized carbons (Fsp3) is 0.316. The Kier molecular flexibility index (Phi) is 4.90. The third-order valence-electron chi connectivity index (χ3n) is 4.71. The van der Waals surface area contributed by atoms with Crippen molar-refractivity contribution in [3.63, 3.8) is 0 Å². The lowest BCUT2D eigenvalue weighted by Crippen LogP contribution is -2.16. The molecule has 1 aliphatic carbocycles. The van der Waals surface area contributed by atoms with Crippen LogP contribution in [0.5, 0.6) is 0 Å². The number of amides is 1. The highest BCUT2D eigenvalue weighted by atomic mass is 32.2. The van der Waals surface area contributed by atoms with E-state index in [1.54, 1.807) is 12.1 Å². The number of fused-ring (bicyclic) bond motifs is 1. The van der Waals surface area contributed by atoms with Gasteiger partial charge in [-0.15, -0.1) is 0 Å². The quantitative estimate of drug-likeness (QED) is 0.887. The largest absolute Gasteiger partial charge is 0.370 e. The van der Waals surface area contributed by atoms with E-state index in [0.717, 1.165) is 36.5 Å². The molecule has 0 bridgehead atoms. The maximum atomic E-state index is 13.4. The number of rotatable bonds is 5. The summed E-state index contributed by atoms with van der Waals surface area (Å²) >= 11 is 0. The van der Waals surface area contributed by atoms with Gasteiger partial charge < -0.3 is 5.73 Å². The van der Waals surface area contributed by atoms with Crippen LogP contribution in [0.15, 0.2) is 52.3 Å². The van der Waals surface area contributed by atoms with Gasteiger partial charge in [-0.05, 0) is 73.1 Å². The molecule has 0 spiro atoms. The highest BCUT2D eigenvalue weighted by Gasteiger charge is 2.24. The van der Waals surface area contributed by atoms with Crippen LogP contribution in [0.1, 0.15) is 42.7 Å². The molecule has 0 heterocycles. The molecule has 0 aliphatic heterocycles. The van der Waals surface area contributed by atoms with Gasteiger partial charge in [-0.25, -0.2) is 12.8 Å². The Morgan fingerprint density at radius 1 is 1.16 bits per heavy atom. The third kappa shape index (κ3) is 3.74. The van der Waals surface area contributed by atoms with E-state index in [9.17, 15) is 17.6 Å². The minimum Gasteiger partial charge on any atom is -0.370 e. The Labute approximate surface area is 146 Å². The third-order valence-corrected chi connectivity index (χ3v) is 6.46. The van der Waals surface area contributed by atoms with Crippen molar-refractivity contribution in [1.82, 2.24) is 0 Å². The van der Waals surface area contributed by atoms with Gasteiger partial charge in [-0.2, -0.15) is 0 Å². The molecule has 2 aromatic carbocycles. The van der Waals surface area contributed by atoms with Crippen molar-refractivity contribution in [1.29, 1.82) is 0 Å². The molecule has 132 valence electrons. The van der Waals surface area contributed by atoms with Crippen molar-refractivity contribution in [3.05, 3.63) is 59.4 Å². The van der Waals surface area contributed by atoms with Crippen LogP contribution in [0.4, 0.5) is 4.39 Å². The monoisotopic (exact) mass is 361 g/mol. The topological polar surface area (TPSA) is 77.2 Å². The lowest BCUT2D eigenvalue weighted by molar-refractivity contribution is -0.118. The molecule has 0 radical (unpaired) electrons. The summed E-state index contributed by atoms with van der Waals surface area (Å²) in [5.74, 6) is -0.676. The minimum absolute atomic E-state index is 0.0477. The Bertz CT molecular complexity index is 909. The molecule has 0 fully saturated rings. The molecule has 6 heteroatoms. The van der Waals surface area contributed by atoms with E-state index in [0.29, 0.717) is 12.8 Å². The standard InChI is InChI=1S/C19H20FNO3S/c20-15-5-2-6-16(12-15)25(23,24)17-8-9-18-13(7-10-19(21)22)3-1-4-14(18)11-17/h2,5-6,8-9,11-13H,1,3-4,7,10H2,(H2,21,22)/t13-/m0/s1. The zero-order valence-electron chi connectivity index (χ0n) is 13.7. The van der Waals surface area contributed by atoms with Gasteiger partial charge in [0.15, 0.2) is 0 Å². The average Bonchev–Trinajstić information content (AvgIpc) is 2.59. The predicted molar refractivity (Wildman–Crippen MR) is 92.4 cm³/mol. The summed E-state index contributed by atoms with van der Waals surface area (Å²) in [6.07, 6.45) is 3.72. The second-order valence-electron chi connectivity index (χ2n) is 6.42. The van der Waals surface area contributed by atoms with Crippen molar-refractivity contribution in [2.24, 2.45) is 5.73 Å². The van der Waals surface area contributed by atoms with Gasteiger partial charge in [0.05, 0.1) is 9.79 Å².